The molecule has 1 aliphatic heterocycles. The number of thiophene rings is 1. The van der Waals surface area contributed by atoms with Crippen LogP contribution in [0.25, 0.3) is 64.7 Å². The van der Waals surface area contributed by atoms with Gasteiger partial charge in [-0.25, -0.2) is 0 Å². The van der Waals surface area contributed by atoms with Crippen LogP contribution in [-0.4, -0.2) is 0 Å². The molecule has 1 aliphatic rings. The zero-order valence-electron chi connectivity index (χ0n) is 27.7. The molecule has 0 aliphatic carbocycles. The van der Waals surface area contributed by atoms with Crippen molar-refractivity contribution in [1.29, 1.82) is 0 Å². The largest absolute Gasteiger partial charge is 0.453 e. The molecule has 0 radical (unpaired) electrons. The molecule has 0 spiro atoms. The Morgan fingerprint density at radius 2 is 0.824 bits per heavy atom. The fraction of sp³-hybridized carbons (Fsp3) is 0. The number of benzene rings is 8. The summed E-state index contributed by atoms with van der Waals surface area (Å²) in [5.74, 6) is 1.68. The number of hydrogen-bond acceptors (Lipinski definition) is 3. The van der Waals surface area contributed by atoms with E-state index in [-0.39, 0.29) is 0 Å². The Morgan fingerprint density at radius 3 is 1.55 bits per heavy atom. The highest BCUT2D eigenvalue weighted by Crippen LogP contribution is 2.51. The molecule has 0 amide bonds. The summed E-state index contributed by atoms with van der Waals surface area (Å²) in [6, 6.07) is 67.3. The number of ether oxygens (including phenoxy) is 1. The van der Waals surface area contributed by atoms with E-state index in [0.717, 1.165) is 39.7 Å². The summed E-state index contributed by atoms with van der Waals surface area (Å²) in [6.07, 6.45) is 0. The van der Waals surface area contributed by atoms with Gasteiger partial charge in [0, 0.05) is 25.9 Å². The van der Waals surface area contributed by atoms with E-state index in [0.29, 0.717) is 0 Å². The Balaban J connectivity index is 0.941. The number of nitrogens with zero attached hydrogens (tertiary/aromatic N) is 1. The third kappa shape index (κ3) is 5.27. The first-order valence-electron chi connectivity index (χ1n) is 17.2. The lowest BCUT2D eigenvalue weighted by Crippen LogP contribution is -2.15. The lowest BCUT2D eigenvalue weighted by Gasteiger charge is -2.33. The van der Waals surface area contributed by atoms with Gasteiger partial charge in [0.15, 0.2) is 11.5 Å². The van der Waals surface area contributed by atoms with E-state index in [1.165, 1.54) is 53.6 Å². The molecule has 0 unspecified atom stereocenters. The second kappa shape index (κ2) is 12.2. The molecular formula is C48H31NOS. The fourth-order valence-electron chi connectivity index (χ4n) is 7.26. The van der Waals surface area contributed by atoms with Crippen LogP contribution in [0.4, 0.5) is 17.1 Å². The summed E-state index contributed by atoms with van der Waals surface area (Å²) in [6.45, 7) is 0. The second-order valence-electron chi connectivity index (χ2n) is 13.0. The molecule has 8 aromatic carbocycles. The van der Waals surface area contributed by atoms with E-state index < -0.39 is 0 Å². The molecule has 2 heterocycles. The van der Waals surface area contributed by atoms with Gasteiger partial charge < -0.3 is 9.64 Å². The van der Waals surface area contributed by atoms with Crippen molar-refractivity contribution in [3.05, 3.63) is 188 Å². The van der Waals surface area contributed by atoms with Crippen molar-refractivity contribution >= 4 is 48.6 Å². The second-order valence-corrected chi connectivity index (χ2v) is 14.0. The van der Waals surface area contributed by atoms with Gasteiger partial charge in [-0.15, -0.1) is 11.3 Å². The van der Waals surface area contributed by atoms with Crippen molar-refractivity contribution in [3.63, 3.8) is 0 Å². The molecule has 2 nitrogen and oxygen atoms in total. The molecule has 240 valence electrons. The van der Waals surface area contributed by atoms with Crippen molar-refractivity contribution < 1.29 is 4.74 Å². The van der Waals surface area contributed by atoms with Crippen LogP contribution in [0.2, 0.25) is 0 Å². The number of hydrogen-bond donors (Lipinski definition) is 0. The molecular weight excluding hydrogens is 639 g/mol. The average Bonchev–Trinajstić information content (AvgIpc) is 3.58. The van der Waals surface area contributed by atoms with E-state index in [1.54, 1.807) is 0 Å². The first-order valence-corrected chi connectivity index (χ1v) is 18.1. The predicted octanol–water partition coefficient (Wildman–Crippen LogP) is 14.3. The van der Waals surface area contributed by atoms with Crippen LogP contribution in [0, 0.1) is 0 Å². The molecule has 3 heteroatoms. The minimum atomic E-state index is 0.839. The molecule has 0 saturated carbocycles. The van der Waals surface area contributed by atoms with Gasteiger partial charge in [-0.3, -0.25) is 0 Å². The molecule has 0 N–H and O–H groups in total. The molecule has 9 aromatic rings. The molecule has 1 aromatic heterocycles. The van der Waals surface area contributed by atoms with Crippen molar-refractivity contribution in [2.45, 2.75) is 0 Å². The first-order chi connectivity index (χ1) is 25.2. The van der Waals surface area contributed by atoms with Crippen LogP contribution in [0.3, 0.4) is 0 Å². The minimum absolute atomic E-state index is 0.839. The Morgan fingerprint density at radius 1 is 0.333 bits per heavy atom. The maximum absolute atomic E-state index is 6.52. The van der Waals surface area contributed by atoms with Crippen LogP contribution in [-0.2, 0) is 0 Å². The maximum atomic E-state index is 6.52. The number of rotatable bonds is 5. The zero-order chi connectivity index (χ0) is 33.7. The monoisotopic (exact) mass is 669 g/mol. The Kier molecular flexibility index (Phi) is 7.04. The van der Waals surface area contributed by atoms with E-state index >= 15 is 0 Å². The van der Waals surface area contributed by atoms with Gasteiger partial charge in [-0.2, -0.15) is 0 Å². The molecule has 10 rings (SSSR count). The molecule has 51 heavy (non-hydrogen) atoms. The van der Waals surface area contributed by atoms with Gasteiger partial charge in [0.25, 0.3) is 0 Å². The summed E-state index contributed by atoms with van der Waals surface area (Å²) in [5.41, 5.74) is 12.7. The number of anilines is 3. The molecule has 0 atom stereocenters. The van der Waals surface area contributed by atoms with Gasteiger partial charge in [0.1, 0.15) is 0 Å². The molecule has 0 saturated heterocycles. The number of para-hydroxylation sites is 2. The minimum Gasteiger partial charge on any atom is -0.453 e. The third-order valence-corrected chi connectivity index (χ3v) is 11.1. The summed E-state index contributed by atoms with van der Waals surface area (Å²) in [7, 11) is 0. The highest BCUT2D eigenvalue weighted by atomic mass is 32.1. The lowest BCUT2D eigenvalue weighted by atomic mass is 9.98. The van der Waals surface area contributed by atoms with Gasteiger partial charge in [0.05, 0.1) is 11.4 Å². The van der Waals surface area contributed by atoms with Crippen molar-refractivity contribution in [2.75, 3.05) is 4.90 Å². The van der Waals surface area contributed by atoms with Gasteiger partial charge in [-0.05, 0) is 99.1 Å². The Labute approximate surface area is 301 Å². The van der Waals surface area contributed by atoms with E-state index in [9.17, 15) is 0 Å². The highest BCUT2D eigenvalue weighted by Gasteiger charge is 2.26. The summed E-state index contributed by atoms with van der Waals surface area (Å²) >= 11 is 1.86. The van der Waals surface area contributed by atoms with Crippen LogP contribution >= 0.6 is 11.3 Å². The van der Waals surface area contributed by atoms with E-state index in [2.05, 4.69) is 175 Å². The fourth-order valence-corrected chi connectivity index (χ4v) is 8.35. The third-order valence-electron chi connectivity index (χ3n) is 9.91. The summed E-state index contributed by atoms with van der Waals surface area (Å²) in [4.78, 5) is 2.30. The van der Waals surface area contributed by atoms with E-state index in [4.69, 9.17) is 4.74 Å². The smallest absolute Gasteiger partial charge is 0.152 e. The van der Waals surface area contributed by atoms with Crippen LogP contribution in [0.15, 0.2) is 188 Å². The van der Waals surface area contributed by atoms with E-state index in [1.807, 2.05) is 29.5 Å². The van der Waals surface area contributed by atoms with Crippen LogP contribution in [0.1, 0.15) is 0 Å². The average molecular weight is 670 g/mol. The maximum Gasteiger partial charge on any atom is 0.152 e. The van der Waals surface area contributed by atoms with Crippen LogP contribution < -0.4 is 9.64 Å². The van der Waals surface area contributed by atoms with Crippen molar-refractivity contribution in [1.82, 2.24) is 0 Å². The zero-order valence-corrected chi connectivity index (χ0v) is 28.5. The highest BCUT2D eigenvalue weighted by molar-refractivity contribution is 7.25. The van der Waals surface area contributed by atoms with Crippen molar-refractivity contribution in [3.8, 4) is 56.0 Å². The van der Waals surface area contributed by atoms with Crippen LogP contribution in [0.5, 0.6) is 11.5 Å². The van der Waals surface area contributed by atoms with Gasteiger partial charge >= 0.3 is 0 Å². The topological polar surface area (TPSA) is 12.5 Å². The SMILES string of the molecule is c1ccc(-c2ccc(-c3ccc4c(c3)Oc3ccccc3N4c3ccc(-c4ccc(-c5ccc6sc7ccccc7c6c5)cc4)cc3)cc2)cc1. The Hall–Kier alpha value is -6.42. The van der Waals surface area contributed by atoms with Gasteiger partial charge in [0.2, 0.25) is 0 Å². The standard InChI is InChI=1S/C48H31NOS/c1-2-8-32(9-3-1)33-14-20-37(21-15-33)39-24-28-44-46(31-39)50-45-12-6-5-11-43(45)49(44)40-26-22-35(23-27-40)34-16-18-36(19-17-34)38-25-29-48-42(30-38)41-10-4-7-13-47(41)51-48/h1-31H. The first kappa shape index (κ1) is 29.5. The molecule has 0 fully saturated rings. The summed E-state index contributed by atoms with van der Waals surface area (Å²) in [5, 5.41) is 2.66. The van der Waals surface area contributed by atoms with Crippen molar-refractivity contribution in [2.24, 2.45) is 0 Å². The summed E-state index contributed by atoms with van der Waals surface area (Å²) < 4.78 is 9.19. The quantitative estimate of drug-likeness (QED) is 0.181. The normalized spacial score (nSPS) is 12.0. The molecule has 0 bridgehead atoms. The lowest BCUT2D eigenvalue weighted by molar-refractivity contribution is 0.477. The Bertz CT molecular complexity index is 2690. The number of fused-ring (bicyclic) bond motifs is 5. The predicted molar refractivity (Wildman–Crippen MR) is 216 cm³/mol. The van der Waals surface area contributed by atoms with Gasteiger partial charge in [-0.1, -0.05) is 133 Å².